The first kappa shape index (κ1) is 11.5. The van der Waals surface area contributed by atoms with Crippen molar-refractivity contribution < 1.29 is 9.47 Å². The van der Waals surface area contributed by atoms with Gasteiger partial charge in [-0.1, -0.05) is 12.1 Å². The molecule has 0 saturated heterocycles. The van der Waals surface area contributed by atoms with E-state index in [4.69, 9.17) is 15.2 Å². The Labute approximate surface area is 117 Å². The van der Waals surface area contributed by atoms with E-state index in [1.807, 2.05) is 18.2 Å². The van der Waals surface area contributed by atoms with Crippen LogP contribution in [0.25, 0.3) is 0 Å². The number of hydrogen-bond donors (Lipinski definition) is 1. The van der Waals surface area contributed by atoms with Crippen LogP contribution >= 0.6 is 0 Å². The summed E-state index contributed by atoms with van der Waals surface area (Å²) in [7, 11) is 0. The Bertz CT molecular complexity index is 670. The molecular formula is C16H16N2O2. The van der Waals surface area contributed by atoms with Gasteiger partial charge in [-0.05, 0) is 29.3 Å². The highest BCUT2D eigenvalue weighted by Gasteiger charge is 2.22. The number of anilines is 2. The Morgan fingerprint density at radius 1 is 0.950 bits per heavy atom. The molecule has 0 aromatic heterocycles. The van der Waals surface area contributed by atoms with Crippen LogP contribution in [0.5, 0.6) is 11.5 Å². The van der Waals surface area contributed by atoms with Crippen molar-refractivity contribution in [1.29, 1.82) is 0 Å². The first-order valence-electron chi connectivity index (χ1n) is 6.82. The molecule has 0 amide bonds. The third-order valence-electron chi connectivity index (χ3n) is 3.91. The maximum atomic E-state index is 6.05. The highest BCUT2D eigenvalue weighted by molar-refractivity contribution is 5.62. The summed E-state index contributed by atoms with van der Waals surface area (Å²) in [6.07, 6.45) is 0. The summed E-state index contributed by atoms with van der Waals surface area (Å²) >= 11 is 0. The summed E-state index contributed by atoms with van der Waals surface area (Å²) in [6.45, 7) is 2.98. The Morgan fingerprint density at radius 3 is 2.65 bits per heavy atom. The Kier molecular flexibility index (Phi) is 2.49. The van der Waals surface area contributed by atoms with Crippen LogP contribution in [-0.2, 0) is 13.1 Å². The van der Waals surface area contributed by atoms with Gasteiger partial charge in [0.1, 0.15) is 13.2 Å². The SMILES string of the molecule is Nc1cccc2c1CN(c1ccc3c(c1)OCCO3)C2. The van der Waals surface area contributed by atoms with E-state index >= 15 is 0 Å². The van der Waals surface area contributed by atoms with Gasteiger partial charge in [0.15, 0.2) is 11.5 Å². The van der Waals surface area contributed by atoms with E-state index in [0.29, 0.717) is 13.2 Å². The highest BCUT2D eigenvalue weighted by atomic mass is 16.6. The molecule has 2 aliphatic rings. The zero-order valence-electron chi connectivity index (χ0n) is 11.1. The van der Waals surface area contributed by atoms with Gasteiger partial charge in [0.2, 0.25) is 0 Å². The Morgan fingerprint density at radius 2 is 1.80 bits per heavy atom. The lowest BCUT2D eigenvalue weighted by molar-refractivity contribution is 0.171. The van der Waals surface area contributed by atoms with Crippen LogP contribution in [0.1, 0.15) is 11.1 Å². The van der Waals surface area contributed by atoms with Gasteiger partial charge in [0.25, 0.3) is 0 Å². The molecule has 2 aromatic rings. The molecule has 0 aliphatic carbocycles. The fourth-order valence-corrected chi connectivity index (χ4v) is 2.86. The van der Waals surface area contributed by atoms with Crippen molar-refractivity contribution in [3.05, 3.63) is 47.5 Å². The van der Waals surface area contributed by atoms with Crippen LogP contribution in [0.4, 0.5) is 11.4 Å². The maximum absolute atomic E-state index is 6.05. The van der Waals surface area contributed by atoms with E-state index in [9.17, 15) is 0 Å². The third kappa shape index (κ3) is 1.76. The molecule has 4 nitrogen and oxygen atoms in total. The van der Waals surface area contributed by atoms with Gasteiger partial charge in [0, 0.05) is 30.5 Å². The number of benzene rings is 2. The zero-order valence-corrected chi connectivity index (χ0v) is 11.1. The van der Waals surface area contributed by atoms with Crippen LogP contribution < -0.4 is 20.1 Å². The van der Waals surface area contributed by atoms with Crippen molar-refractivity contribution in [3.63, 3.8) is 0 Å². The van der Waals surface area contributed by atoms with Crippen LogP contribution in [0.3, 0.4) is 0 Å². The predicted octanol–water partition coefficient (Wildman–Crippen LogP) is 2.56. The molecule has 2 aliphatic heterocycles. The number of rotatable bonds is 1. The number of fused-ring (bicyclic) bond motifs is 2. The first-order chi connectivity index (χ1) is 9.81. The maximum Gasteiger partial charge on any atom is 0.163 e. The Hall–Kier alpha value is -2.36. The second-order valence-corrected chi connectivity index (χ2v) is 5.17. The summed E-state index contributed by atoms with van der Waals surface area (Å²) in [5, 5.41) is 0. The topological polar surface area (TPSA) is 47.7 Å². The van der Waals surface area contributed by atoms with Crippen molar-refractivity contribution in [3.8, 4) is 11.5 Å². The first-order valence-corrected chi connectivity index (χ1v) is 6.82. The number of ether oxygens (including phenoxy) is 2. The quantitative estimate of drug-likeness (QED) is 0.807. The minimum absolute atomic E-state index is 0.615. The molecule has 0 atom stereocenters. The highest BCUT2D eigenvalue weighted by Crippen LogP contribution is 2.37. The molecule has 2 aromatic carbocycles. The van der Waals surface area contributed by atoms with Crippen molar-refractivity contribution in [2.75, 3.05) is 23.8 Å². The van der Waals surface area contributed by atoms with Crippen molar-refractivity contribution in [2.24, 2.45) is 0 Å². The lowest BCUT2D eigenvalue weighted by atomic mass is 10.1. The van der Waals surface area contributed by atoms with Gasteiger partial charge in [-0.3, -0.25) is 0 Å². The summed E-state index contributed by atoms with van der Waals surface area (Å²) in [5.41, 5.74) is 10.6. The minimum Gasteiger partial charge on any atom is -0.486 e. The molecule has 0 radical (unpaired) electrons. The molecule has 4 heteroatoms. The van der Waals surface area contributed by atoms with Gasteiger partial charge < -0.3 is 20.1 Å². The largest absolute Gasteiger partial charge is 0.486 e. The molecule has 0 fully saturated rings. The molecule has 0 spiro atoms. The molecule has 2 heterocycles. The van der Waals surface area contributed by atoms with E-state index in [-0.39, 0.29) is 0 Å². The lowest BCUT2D eigenvalue weighted by Crippen LogP contribution is -2.18. The van der Waals surface area contributed by atoms with Crippen LogP contribution in [0.15, 0.2) is 36.4 Å². The number of hydrogen-bond acceptors (Lipinski definition) is 4. The molecule has 0 saturated carbocycles. The molecule has 0 unspecified atom stereocenters. The van der Waals surface area contributed by atoms with Crippen LogP contribution in [-0.4, -0.2) is 13.2 Å². The molecule has 20 heavy (non-hydrogen) atoms. The number of nitrogens with zero attached hydrogens (tertiary/aromatic N) is 1. The van der Waals surface area contributed by atoms with E-state index in [0.717, 1.165) is 36.0 Å². The van der Waals surface area contributed by atoms with Crippen LogP contribution in [0, 0.1) is 0 Å². The van der Waals surface area contributed by atoms with Gasteiger partial charge in [0.05, 0.1) is 0 Å². The van der Waals surface area contributed by atoms with E-state index in [1.165, 1.54) is 11.1 Å². The average molecular weight is 268 g/mol. The van der Waals surface area contributed by atoms with Gasteiger partial charge >= 0.3 is 0 Å². The Balaban J connectivity index is 1.66. The second kappa shape index (κ2) is 4.34. The third-order valence-corrected chi connectivity index (χ3v) is 3.91. The fraction of sp³-hybridized carbons (Fsp3) is 0.250. The summed E-state index contributed by atoms with van der Waals surface area (Å²) in [6, 6.07) is 12.2. The zero-order chi connectivity index (χ0) is 13.5. The fourth-order valence-electron chi connectivity index (χ4n) is 2.86. The minimum atomic E-state index is 0.615. The van der Waals surface area contributed by atoms with Gasteiger partial charge in [-0.25, -0.2) is 0 Å². The van der Waals surface area contributed by atoms with Crippen LogP contribution in [0.2, 0.25) is 0 Å². The summed E-state index contributed by atoms with van der Waals surface area (Å²) < 4.78 is 11.2. The predicted molar refractivity (Wildman–Crippen MR) is 78.2 cm³/mol. The van der Waals surface area contributed by atoms with E-state index in [2.05, 4.69) is 23.1 Å². The number of nitrogens with two attached hydrogens (primary N) is 1. The van der Waals surface area contributed by atoms with Gasteiger partial charge in [-0.15, -0.1) is 0 Å². The van der Waals surface area contributed by atoms with Gasteiger partial charge in [-0.2, -0.15) is 0 Å². The normalized spacial score (nSPS) is 16.1. The molecule has 102 valence electrons. The van der Waals surface area contributed by atoms with Crippen molar-refractivity contribution in [1.82, 2.24) is 0 Å². The number of nitrogen functional groups attached to an aromatic ring is 1. The summed E-state index contributed by atoms with van der Waals surface area (Å²) in [4.78, 5) is 2.30. The second-order valence-electron chi connectivity index (χ2n) is 5.17. The smallest absolute Gasteiger partial charge is 0.163 e. The summed E-state index contributed by atoms with van der Waals surface area (Å²) in [5.74, 6) is 1.66. The van der Waals surface area contributed by atoms with E-state index in [1.54, 1.807) is 0 Å². The molecule has 0 bridgehead atoms. The lowest BCUT2D eigenvalue weighted by Gasteiger charge is -2.23. The standard InChI is InChI=1S/C16H16N2O2/c17-14-3-1-2-11-9-18(10-13(11)14)12-4-5-15-16(8-12)20-7-6-19-15/h1-5,8H,6-7,9-10,17H2. The average Bonchev–Trinajstić information content (AvgIpc) is 2.92. The molecule has 4 rings (SSSR count). The molecule has 2 N–H and O–H groups in total. The monoisotopic (exact) mass is 268 g/mol. The van der Waals surface area contributed by atoms with E-state index < -0.39 is 0 Å². The van der Waals surface area contributed by atoms with Crippen molar-refractivity contribution in [2.45, 2.75) is 13.1 Å². The molecular weight excluding hydrogens is 252 g/mol. The van der Waals surface area contributed by atoms with Crippen molar-refractivity contribution >= 4 is 11.4 Å².